The van der Waals surface area contributed by atoms with Gasteiger partial charge >= 0.3 is 0 Å². The molecule has 1 aromatic rings. The van der Waals surface area contributed by atoms with Gasteiger partial charge in [0.2, 0.25) is 0 Å². The number of benzene rings is 1. The maximum Gasteiger partial charge on any atom is 0.0589 e. The molecule has 0 radical (unpaired) electrons. The third-order valence-corrected chi connectivity index (χ3v) is 5.09. The zero-order valence-corrected chi connectivity index (χ0v) is 13.0. The van der Waals surface area contributed by atoms with E-state index in [2.05, 4.69) is 12.2 Å². The van der Waals surface area contributed by atoms with E-state index in [-0.39, 0.29) is 0 Å². The molecule has 0 saturated carbocycles. The van der Waals surface area contributed by atoms with Crippen molar-refractivity contribution < 1.29 is 4.21 Å². The molecule has 0 aliphatic rings. The van der Waals surface area contributed by atoms with Gasteiger partial charge in [0.25, 0.3) is 0 Å². The lowest BCUT2D eigenvalue weighted by atomic mass is 10.1. The number of halogens is 2. The van der Waals surface area contributed by atoms with Gasteiger partial charge in [-0.1, -0.05) is 30.1 Å². The van der Waals surface area contributed by atoms with Gasteiger partial charge in [0.05, 0.1) is 20.7 Å². The van der Waals surface area contributed by atoms with Crippen molar-refractivity contribution in [3.05, 3.63) is 28.2 Å². The lowest BCUT2D eigenvalue weighted by Gasteiger charge is -2.13. The average molecular weight is 308 g/mol. The molecule has 2 nitrogen and oxygen atoms in total. The molecule has 0 amide bonds. The summed E-state index contributed by atoms with van der Waals surface area (Å²) >= 11 is 11.9. The van der Waals surface area contributed by atoms with Gasteiger partial charge in [0, 0.05) is 16.8 Å². The molecule has 2 unspecified atom stereocenters. The molecule has 0 aliphatic heterocycles. The summed E-state index contributed by atoms with van der Waals surface area (Å²) in [7, 11) is 0.887. The van der Waals surface area contributed by atoms with Crippen molar-refractivity contribution in [3.8, 4) is 0 Å². The zero-order valence-electron chi connectivity index (χ0n) is 10.7. The van der Waals surface area contributed by atoms with E-state index < -0.39 is 10.8 Å². The fourth-order valence-electron chi connectivity index (χ4n) is 1.78. The highest BCUT2D eigenvalue weighted by Crippen LogP contribution is 2.24. The Morgan fingerprint density at radius 2 is 2.11 bits per heavy atom. The van der Waals surface area contributed by atoms with E-state index in [1.54, 1.807) is 18.2 Å². The monoisotopic (exact) mass is 307 g/mol. The van der Waals surface area contributed by atoms with Crippen molar-refractivity contribution in [2.24, 2.45) is 0 Å². The standard InChI is InChI=1S/C13H19Cl2NOS/c1-3-11(16-2)5-4-8-18(17)13-9-10(14)6-7-12(13)15/h6-7,9,11,16H,3-5,8H2,1-2H3. The van der Waals surface area contributed by atoms with Crippen LogP contribution in [0.5, 0.6) is 0 Å². The Balaban J connectivity index is 2.53. The molecule has 102 valence electrons. The highest BCUT2D eigenvalue weighted by atomic mass is 35.5. The van der Waals surface area contributed by atoms with Crippen LogP contribution in [-0.2, 0) is 10.8 Å². The van der Waals surface area contributed by atoms with Crippen molar-refractivity contribution in [1.29, 1.82) is 0 Å². The van der Waals surface area contributed by atoms with E-state index in [1.807, 2.05) is 7.05 Å². The third kappa shape index (κ3) is 4.88. The predicted octanol–water partition coefficient (Wildman–Crippen LogP) is 3.88. The second-order valence-electron chi connectivity index (χ2n) is 4.16. The van der Waals surface area contributed by atoms with Crippen LogP contribution in [0, 0.1) is 0 Å². The highest BCUT2D eigenvalue weighted by molar-refractivity contribution is 7.85. The van der Waals surface area contributed by atoms with Gasteiger partial charge in [-0.2, -0.15) is 0 Å². The van der Waals surface area contributed by atoms with Crippen LogP contribution in [0.1, 0.15) is 26.2 Å². The maximum absolute atomic E-state index is 12.1. The van der Waals surface area contributed by atoms with Gasteiger partial charge in [-0.25, -0.2) is 0 Å². The number of hydrogen-bond donors (Lipinski definition) is 1. The van der Waals surface area contributed by atoms with Crippen LogP contribution in [0.3, 0.4) is 0 Å². The van der Waals surface area contributed by atoms with E-state index in [9.17, 15) is 4.21 Å². The zero-order chi connectivity index (χ0) is 13.5. The number of hydrogen-bond acceptors (Lipinski definition) is 2. The first-order chi connectivity index (χ1) is 8.58. The molecule has 0 fully saturated rings. The van der Waals surface area contributed by atoms with Crippen LogP contribution >= 0.6 is 23.2 Å². The first-order valence-corrected chi connectivity index (χ1v) is 8.16. The SMILES string of the molecule is CCC(CCCS(=O)c1cc(Cl)ccc1Cl)NC. The van der Waals surface area contributed by atoms with Gasteiger partial charge in [-0.15, -0.1) is 0 Å². The Bertz CT molecular complexity index is 408. The average Bonchev–Trinajstić information content (AvgIpc) is 2.37. The molecule has 1 rings (SSSR count). The minimum absolute atomic E-state index is 0.497. The normalized spacial score (nSPS) is 14.4. The molecule has 0 aliphatic carbocycles. The third-order valence-electron chi connectivity index (χ3n) is 2.92. The topological polar surface area (TPSA) is 29.1 Å². The molecule has 5 heteroatoms. The lowest BCUT2D eigenvalue weighted by Crippen LogP contribution is -2.24. The Morgan fingerprint density at radius 3 is 2.72 bits per heavy atom. The molecule has 1 N–H and O–H groups in total. The van der Waals surface area contributed by atoms with Crippen LogP contribution < -0.4 is 5.32 Å². The minimum atomic E-state index is -1.07. The smallest absolute Gasteiger partial charge is 0.0589 e. The Hall–Kier alpha value is -0.0900. The van der Waals surface area contributed by atoms with Crippen molar-refractivity contribution in [1.82, 2.24) is 5.32 Å². The largest absolute Gasteiger partial charge is 0.317 e. The van der Waals surface area contributed by atoms with Crippen molar-refractivity contribution in [2.75, 3.05) is 12.8 Å². The maximum atomic E-state index is 12.1. The van der Waals surface area contributed by atoms with Gasteiger partial charge in [-0.05, 0) is 44.5 Å². The fourth-order valence-corrected chi connectivity index (χ4v) is 3.58. The molecule has 0 aromatic heterocycles. The highest BCUT2D eigenvalue weighted by Gasteiger charge is 2.10. The van der Waals surface area contributed by atoms with E-state index in [0.717, 1.165) is 19.3 Å². The second-order valence-corrected chi connectivity index (χ2v) is 6.54. The Labute approximate surface area is 122 Å². The fraction of sp³-hybridized carbons (Fsp3) is 0.538. The van der Waals surface area contributed by atoms with E-state index in [0.29, 0.717) is 26.7 Å². The molecule has 2 atom stereocenters. The summed E-state index contributed by atoms with van der Waals surface area (Å²) in [6.45, 7) is 2.14. The summed E-state index contributed by atoms with van der Waals surface area (Å²) in [6, 6.07) is 5.59. The van der Waals surface area contributed by atoms with Crippen molar-refractivity contribution >= 4 is 34.0 Å². The molecule has 0 bridgehead atoms. The second kappa shape index (κ2) is 8.16. The molecule has 0 saturated heterocycles. The van der Waals surface area contributed by atoms with E-state index in [1.165, 1.54) is 0 Å². The summed E-state index contributed by atoms with van der Waals surface area (Å²) in [4.78, 5) is 0.640. The molecule has 0 heterocycles. The number of rotatable bonds is 7. The first kappa shape index (κ1) is 16.0. The molecular formula is C13H19Cl2NOS. The van der Waals surface area contributed by atoms with Crippen molar-refractivity contribution in [3.63, 3.8) is 0 Å². The van der Waals surface area contributed by atoms with Crippen LogP contribution in [-0.4, -0.2) is 23.1 Å². The van der Waals surface area contributed by atoms with Gasteiger partial charge < -0.3 is 5.32 Å². The predicted molar refractivity (Wildman–Crippen MR) is 80.1 cm³/mol. The summed E-state index contributed by atoms with van der Waals surface area (Å²) in [5, 5.41) is 4.34. The summed E-state index contributed by atoms with van der Waals surface area (Å²) in [5.41, 5.74) is 0. The molecule has 1 aromatic carbocycles. The van der Waals surface area contributed by atoms with Crippen LogP contribution in [0.25, 0.3) is 0 Å². The van der Waals surface area contributed by atoms with Gasteiger partial charge in [-0.3, -0.25) is 4.21 Å². The van der Waals surface area contributed by atoms with Gasteiger partial charge in [0.15, 0.2) is 0 Å². The van der Waals surface area contributed by atoms with Crippen molar-refractivity contribution in [2.45, 2.75) is 37.1 Å². The Kier molecular flexibility index (Phi) is 7.23. The summed E-state index contributed by atoms with van der Waals surface area (Å²) in [6.07, 6.45) is 3.02. The molecule has 18 heavy (non-hydrogen) atoms. The van der Waals surface area contributed by atoms with Crippen LogP contribution in [0.4, 0.5) is 0 Å². The molecular weight excluding hydrogens is 289 g/mol. The van der Waals surface area contributed by atoms with E-state index in [4.69, 9.17) is 23.2 Å². The minimum Gasteiger partial charge on any atom is -0.317 e. The molecule has 0 spiro atoms. The van der Waals surface area contributed by atoms with Gasteiger partial charge in [0.1, 0.15) is 0 Å². The van der Waals surface area contributed by atoms with Crippen LogP contribution in [0.15, 0.2) is 23.1 Å². The van der Waals surface area contributed by atoms with E-state index >= 15 is 0 Å². The first-order valence-electron chi connectivity index (χ1n) is 6.09. The summed E-state index contributed by atoms with van der Waals surface area (Å²) in [5.74, 6) is 0.623. The Morgan fingerprint density at radius 1 is 1.39 bits per heavy atom. The number of nitrogens with one attached hydrogen (secondary N) is 1. The quantitative estimate of drug-likeness (QED) is 0.828. The van der Waals surface area contributed by atoms with Crippen LogP contribution in [0.2, 0.25) is 10.0 Å². The summed E-state index contributed by atoms with van der Waals surface area (Å²) < 4.78 is 12.1. The lowest BCUT2D eigenvalue weighted by molar-refractivity contribution is 0.503.